The number of rotatable bonds is 7. The van der Waals surface area contributed by atoms with E-state index in [0.717, 1.165) is 10.7 Å². The van der Waals surface area contributed by atoms with Crippen LogP contribution in [0.25, 0.3) is 5.65 Å². The van der Waals surface area contributed by atoms with Gasteiger partial charge in [-0.3, -0.25) is 4.40 Å². The number of thioether (sulfide) groups is 1. The molecule has 0 aliphatic heterocycles. The van der Waals surface area contributed by atoms with Crippen molar-refractivity contribution in [3.63, 3.8) is 0 Å². The number of nitrogens with zero attached hydrogens (tertiary/aromatic N) is 5. The molecule has 7 nitrogen and oxygen atoms in total. The molecule has 0 saturated carbocycles. The van der Waals surface area contributed by atoms with E-state index >= 15 is 0 Å². The molecular formula is C15H19N5O2S3. The SMILES string of the molecule is CCN(CC)S(=O)(=O)c1ccc2nnc(SCc3csc(C)n3)n2c1. The number of thiazole rings is 1. The fraction of sp³-hybridized carbons (Fsp3) is 0.400. The highest BCUT2D eigenvalue weighted by Crippen LogP contribution is 2.24. The maximum absolute atomic E-state index is 12.7. The second-order valence-electron chi connectivity index (χ2n) is 5.31. The lowest BCUT2D eigenvalue weighted by molar-refractivity contribution is 0.445. The van der Waals surface area contributed by atoms with Crippen molar-refractivity contribution in [3.05, 3.63) is 34.4 Å². The number of hydrogen-bond acceptors (Lipinski definition) is 7. The Bertz CT molecular complexity index is 976. The van der Waals surface area contributed by atoms with Crippen LogP contribution < -0.4 is 0 Å². The van der Waals surface area contributed by atoms with Crippen LogP contribution in [0.2, 0.25) is 0 Å². The summed E-state index contributed by atoms with van der Waals surface area (Å²) in [4.78, 5) is 4.68. The monoisotopic (exact) mass is 397 g/mol. The van der Waals surface area contributed by atoms with Gasteiger partial charge in [0.25, 0.3) is 0 Å². The largest absolute Gasteiger partial charge is 0.276 e. The van der Waals surface area contributed by atoms with Crippen LogP contribution in [0, 0.1) is 6.92 Å². The molecule has 3 rings (SSSR count). The van der Waals surface area contributed by atoms with Crippen LogP contribution in [0.4, 0.5) is 0 Å². The summed E-state index contributed by atoms with van der Waals surface area (Å²) in [5, 5.41) is 12.0. The number of fused-ring (bicyclic) bond motifs is 1. The van der Waals surface area contributed by atoms with E-state index in [1.807, 2.05) is 26.2 Å². The maximum atomic E-state index is 12.7. The van der Waals surface area contributed by atoms with Crippen LogP contribution >= 0.6 is 23.1 Å². The van der Waals surface area contributed by atoms with Gasteiger partial charge in [-0.2, -0.15) is 4.31 Å². The van der Waals surface area contributed by atoms with Gasteiger partial charge in [0.1, 0.15) is 0 Å². The Morgan fingerprint density at radius 3 is 2.64 bits per heavy atom. The van der Waals surface area contributed by atoms with Crippen LogP contribution in [-0.2, 0) is 15.8 Å². The average Bonchev–Trinajstić information content (AvgIpc) is 3.19. The molecule has 10 heteroatoms. The van der Waals surface area contributed by atoms with Gasteiger partial charge in [-0.15, -0.1) is 21.5 Å². The summed E-state index contributed by atoms with van der Waals surface area (Å²) in [5.74, 6) is 0.665. The van der Waals surface area contributed by atoms with Crippen molar-refractivity contribution in [1.29, 1.82) is 0 Å². The lowest BCUT2D eigenvalue weighted by Crippen LogP contribution is -2.30. The molecule has 0 spiro atoms. The minimum Gasteiger partial charge on any atom is -0.276 e. The quantitative estimate of drug-likeness (QED) is 0.570. The van der Waals surface area contributed by atoms with Crippen molar-refractivity contribution in [2.75, 3.05) is 13.1 Å². The third-order valence-electron chi connectivity index (χ3n) is 3.70. The standard InChI is InChI=1S/C15H19N5O2S3/c1-4-19(5-2)25(21,22)13-6-7-14-17-18-15(20(14)8-13)24-10-12-9-23-11(3)16-12/h6-9H,4-5,10H2,1-3H3. The molecule has 3 aromatic heterocycles. The van der Waals surface area contributed by atoms with E-state index in [-0.39, 0.29) is 4.90 Å². The van der Waals surface area contributed by atoms with Gasteiger partial charge in [0, 0.05) is 30.4 Å². The highest BCUT2D eigenvalue weighted by atomic mass is 32.2. The van der Waals surface area contributed by atoms with Gasteiger partial charge >= 0.3 is 0 Å². The van der Waals surface area contributed by atoms with Crippen LogP contribution in [0.15, 0.2) is 33.8 Å². The minimum atomic E-state index is -3.51. The molecule has 25 heavy (non-hydrogen) atoms. The van der Waals surface area contributed by atoms with Crippen LogP contribution in [0.5, 0.6) is 0 Å². The van der Waals surface area contributed by atoms with E-state index in [2.05, 4.69) is 15.2 Å². The van der Waals surface area contributed by atoms with Crippen molar-refractivity contribution < 1.29 is 8.42 Å². The topological polar surface area (TPSA) is 80.5 Å². The van der Waals surface area contributed by atoms with Crippen molar-refractivity contribution in [1.82, 2.24) is 23.9 Å². The number of pyridine rings is 1. The van der Waals surface area contributed by atoms with Gasteiger partial charge in [0.15, 0.2) is 10.8 Å². The molecule has 0 aliphatic carbocycles. The highest BCUT2D eigenvalue weighted by Gasteiger charge is 2.22. The average molecular weight is 398 g/mol. The first-order chi connectivity index (χ1) is 12.0. The fourth-order valence-corrected chi connectivity index (χ4v) is 5.41. The number of hydrogen-bond donors (Lipinski definition) is 0. The van der Waals surface area contributed by atoms with Gasteiger partial charge in [-0.25, -0.2) is 13.4 Å². The van der Waals surface area contributed by atoms with Crippen LogP contribution in [-0.4, -0.2) is 45.4 Å². The highest BCUT2D eigenvalue weighted by molar-refractivity contribution is 7.98. The van der Waals surface area contributed by atoms with Gasteiger partial charge in [0.05, 0.1) is 15.6 Å². The molecule has 0 atom stereocenters. The summed E-state index contributed by atoms with van der Waals surface area (Å²) < 4.78 is 28.6. The molecule has 0 fully saturated rings. The molecule has 0 unspecified atom stereocenters. The van der Waals surface area contributed by atoms with Gasteiger partial charge in [-0.05, 0) is 19.1 Å². The molecular weight excluding hydrogens is 378 g/mol. The first-order valence-electron chi connectivity index (χ1n) is 7.84. The number of aromatic nitrogens is 4. The Labute approximate surface area is 155 Å². The molecule has 0 radical (unpaired) electrons. The van der Waals surface area contributed by atoms with Gasteiger partial charge < -0.3 is 0 Å². The van der Waals surface area contributed by atoms with E-state index in [1.165, 1.54) is 16.1 Å². The van der Waals surface area contributed by atoms with Crippen LogP contribution in [0.1, 0.15) is 24.5 Å². The first kappa shape index (κ1) is 18.3. The Hall–Kier alpha value is -1.49. The normalized spacial score (nSPS) is 12.3. The lowest BCUT2D eigenvalue weighted by atomic mass is 10.5. The van der Waals surface area contributed by atoms with Crippen molar-refractivity contribution in [2.45, 2.75) is 36.6 Å². The molecule has 0 saturated heterocycles. The van der Waals surface area contributed by atoms with Crippen molar-refractivity contribution in [3.8, 4) is 0 Å². The minimum absolute atomic E-state index is 0.245. The summed E-state index contributed by atoms with van der Waals surface area (Å²) in [5.41, 5.74) is 1.60. The molecule has 0 aliphatic rings. The predicted octanol–water partition coefficient (Wildman–Crippen LogP) is 2.82. The lowest BCUT2D eigenvalue weighted by Gasteiger charge is -2.18. The van der Waals surface area contributed by atoms with Crippen LogP contribution in [0.3, 0.4) is 0 Å². The number of sulfonamides is 1. The molecule has 0 bridgehead atoms. The zero-order valence-corrected chi connectivity index (χ0v) is 16.7. The van der Waals surface area contributed by atoms with Gasteiger partial charge in [0.2, 0.25) is 10.0 Å². The van der Waals surface area contributed by atoms with Gasteiger partial charge in [-0.1, -0.05) is 25.6 Å². The smallest absolute Gasteiger partial charge is 0.244 e. The van der Waals surface area contributed by atoms with E-state index in [9.17, 15) is 8.42 Å². The maximum Gasteiger partial charge on any atom is 0.244 e. The Kier molecular flexibility index (Phi) is 5.42. The Morgan fingerprint density at radius 1 is 1.24 bits per heavy atom. The van der Waals surface area contributed by atoms with E-state index in [1.54, 1.807) is 34.1 Å². The summed E-state index contributed by atoms with van der Waals surface area (Å²) in [6, 6.07) is 3.26. The molecule has 3 heterocycles. The molecule has 0 N–H and O–H groups in total. The van der Waals surface area contributed by atoms with E-state index in [0.29, 0.717) is 29.6 Å². The summed E-state index contributed by atoms with van der Waals surface area (Å²) >= 11 is 3.09. The third-order valence-corrected chi connectivity index (χ3v) is 7.54. The summed E-state index contributed by atoms with van der Waals surface area (Å²) in [6.07, 6.45) is 1.59. The molecule has 3 aromatic rings. The Balaban J connectivity index is 1.91. The van der Waals surface area contributed by atoms with Crippen molar-refractivity contribution in [2.24, 2.45) is 0 Å². The first-order valence-corrected chi connectivity index (χ1v) is 11.1. The molecule has 134 valence electrons. The van der Waals surface area contributed by atoms with E-state index in [4.69, 9.17) is 0 Å². The molecule has 0 amide bonds. The Morgan fingerprint density at radius 2 is 2.00 bits per heavy atom. The van der Waals surface area contributed by atoms with Crippen molar-refractivity contribution >= 4 is 38.8 Å². The predicted molar refractivity (Wildman–Crippen MR) is 99.5 cm³/mol. The summed E-state index contributed by atoms with van der Waals surface area (Å²) in [7, 11) is -3.51. The zero-order valence-electron chi connectivity index (χ0n) is 14.2. The fourth-order valence-electron chi connectivity index (χ4n) is 2.43. The zero-order chi connectivity index (χ0) is 18.0. The molecule has 0 aromatic carbocycles. The number of aryl methyl sites for hydroxylation is 1. The second-order valence-corrected chi connectivity index (χ2v) is 9.25. The third kappa shape index (κ3) is 3.71. The van der Waals surface area contributed by atoms with E-state index < -0.39 is 10.0 Å². The summed E-state index contributed by atoms with van der Waals surface area (Å²) in [6.45, 7) is 6.49. The second kappa shape index (κ2) is 7.40.